The van der Waals surface area contributed by atoms with Crippen molar-refractivity contribution in [1.82, 2.24) is 0 Å². The lowest BCUT2D eigenvalue weighted by Crippen LogP contribution is -2.38. The van der Waals surface area contributed by atoms with Gasteiger partial charge in [0.05, 0.1) is 0 Å². The number of ketones is 1. The Bertz CT molecular complexity index is 253. The predicted molar refractivity (Wildman–Crippen MR) is 52.5 cm³/mol. The van der Waals surface area contributed by atoms with E-state index in [0.29, 0.717) is 12.8 Å². The van der Waals surface area contributed by atoms with E-state index >= 15 is 0 Å². The largest absolute Gasteiger partial charge is 0.378 e. The Morgan fingerprint density at radius 1 is 1.38 bits per heavy atom. The zero-order chi connectivity index (χ0) is 10.1. The van der Waals surface area contributed by atoms with Crippen LogP contribution in [0.25, 0.3) is 0 Å². The van der Waals surface area contributed by atoms with Gasteiger partial charge in [0.1, 0.15) is 5.60 Å². The summed E-state index contributed by atoms with van der Waals surface area (Å²) in [5, 5.41) is 10.2. The summed E-state index contributed by atoms with van der Waals surface area (Å²) in [4.78, 5) is 11.6. The van der Waals surface area contributed by atoms with Crippen LogP contribution in [-0.4, -0.2) is 16.5 Å². The molecule has 1 atom stereocenters. The SMILES string of the molecule is CC[C@]1(O)C(=O)CCCC(C)=C1C. The third-order valence-electron chi connectivity index (χ3n) is 3.19. The molecule has 0 saturated heterocycles. The molecule has 1 N–H and O–H groups in total. The minimum Gasteiger partial charge on any atom is -0.378 e. The molecular formula is C11H18O2. The van der Waals surface area contributed by atoms with Crippen LogP contribution in [-0.2, 0) is 4.79 Å². The van der Waals surface area contributed by atoms with Gasteiger partial charge in [0.15, 0.2) is 5.78 Å². The van der Waals surface area contributed by atoms with Crippen LogP contribution in [0, 0.1) is 0 Å². The zero-order valence-electron chi connectivity index (χ0n) is 8.68. The van der Waals surface area contributed by atoms with E-state index in [1.165, 1.54) is 5.57 Å². The summed E-state index contributed by atoms with van der Waals surface area (Å²) in [6, 6.07) is 0. The third kappa shape index (κ3) is 1.68. The standard InChI is InChI=1S/C11H18O2/c1-4-11(13)9(3)8(2)6-5-7-10(11)12/h13H,4-7H2,1-3H3/t11-/m1/s1. The van der Waals surface area contributed by atoms with Crippen molar-refractivity contribution in [3.05, 3.63) is 11.1 Å². The van der Waals surface area contributed by atoms with Gasteiger partial charge in [-0.15, -0.1) is 0 Å². The highest BCUT2D eigenvalue weighted by molar-refractivity contribution is 5.90. The summed E-state index contributed by atoms with van der Waals surface area (Å²) >= 11 is 0. The van der Waals surface area contributed by atoms with Crippen molar-refractivity contribution in [2.45, 2.75) is 52.1 Å². The molecule has 0 spiro atoms. The number of aliphatic hydroxyl groups is 1. The van der Waals surface area contributed by atoms with Crippen LogP contribution in [0.1, 0.15) is 46.5 Å². The highest BCUT2D eigenvalue weighted by atomic mass is 16.3. The molecule has 0 saturated carbocycles. The Hall–Kier alpha value is -0.630. The summed E-state index contributed by atoms with van der Waals surface area (Å²) in [6.45, 7) is 5.75. The quantitative estimate of drug-likeness (QED) is 0.631. The number of carbonyl (C=O) groups is 1. The van der Waals surface area contributed by atoms with Crippen LogP contribution >= 0.6 is 0 Å². The lowest BCUT2D eigenvalue weighted by atomic mass is 9.85. The van der Waals surface area contributed by atoms with E-state index in [4.69, 9.17) is 0 Å². The highest BCUT2D eigenvalue weighted by Crippen LogP contribution is 2.31. The predicted octanol–water partition coefficient (Wildman–Crippen LogP) is 2.22. The second kappa shape index (κ2) is 3.62. The molecule has 0 amide bonds. The van der Waals surface area contributed by atoms with Gasteiger partial charge in [0.25, 0.3) is 0 Å². The fraction of sp³-hybridized carbons (Fsp3) is 0.727. The fourth-order valence-corrected chi connectivity index (χ4v) is 1.93. The molecule has 2 heteroatoms. The molecule has 0 aromatic rings. The average Bonchev–Trinajstić information content (AvgIpc) is 2.21. The third-order valence-corrected chi connectivity index (χ3v) is 3.19. The van der Waals surface area contributed by atoms with Crippen molar-refractivity contribution in [3.8, 4) is 0 Å². The van der Waals surface area contributed by atoms with Gasteiger partial charge in [-0.1, -0.05) is 12.5 Å². The van der Waals surface area contributed by atoms with Crippen LogP contribution in [0.5, 0.6) is 0 Å². The lowest BCUT2D eigenvalue weighted by Gasteiger charge is -2.26. The first-order chi connectivity index (χ1) is 6.02. The Labute approximate surface area is 79.6 Å². The molecule has 1 aliphatic carbocycles. The topological polar surface area (TPSA) is 37.3 Å². The minimum atomic E-state index is -1.17. The maximum Gasteiger partial charge on any atom is 0.168 e. The first-order valence-corrected chi connectivity index (χ1v) is 4.95. The van der Waals surface area contributed by atoms with Crippen LogP contribution < -0.4 is 0 Å². The van der Waals surface area contributed by atoms with Crippen LogP contribution in [0.3, 0.4) is 0 Å². The molecule has 0 aromatic heterocycles. The second-order valence-electron chi connectivity index (χ2n) is 3.90. The fourth-order valence-electron chi connectivity index (χ4n) is 1.93. The molecule has 0 aromatic carbocycles. The molecule has 1 aliphatic rings. The van der Waals surface area contributed by atoms with Crippen LogP contribution in [0.2, 0.25) is 0 Å². The zero-order valence-corrected chi connectivity index (χ0v) is 8.68. The minimum absolute atomic E-state index is 0.00986. The van der Waals surface area contributed by atoms with E-state index in [1.54, 1.807) is 0 Å². The normalized spacial score (nSPS) is 30.6. The maximum atomic E-state index is 11.6. The van der Waals surface area contributed by atoms with Crippen molar-refractivity contribution in [2.24, 2.45) is 0 Å². The number of hydrogen-bond acceptors (Lipinski definition) is 2. The van der Waals surface area contributed by atoms with Crippen molar-refractivity contribution >= 4 is 5.78 Å². The maximum absolute atomic E-state index is 11.6. The van der Waals surface area contributed by atoms with E-state index in [9.17, 15) is 9.90 Å². The van der Waals surface area contributed by atoms with E-state index in [0.717, 1.165) is 18.4 Å². The van der Waals surface area contributed by atoms with Gasteiger partial charge in [0.2, 0.25) is 0 Å². The monoisotopic (exact) mass is 182 g/mol. The summed E-state index contributed by atoms with van der Waals surface area (Å²) in [5.74, 6) is -0.00986. The van der Waals surface area contributed by atoms with Crippen molar-refractivity contribution < 1.29 is 9.90 Å². The van der Waals surface area contributed by atoms with Gasteiger partial charge in [-0.25, -0.2) is 0 Å². The second-order valence-corrected chi connectivity index (χ2v) is 3.90. The number of hydrogen-bond donors (Lipinski definition) is 1. The first kappa shape index (κ1) is 10.5. The Kier molecular flexibility index (Phi) is 2.91. The Morgan fingerprint density at radius 2 is 2.00 bits per heavy atom. The Balaban J connectivity index is 3.11. The van der Waals surface area contributed by atoms with Crippen LogP contribution in [0.4, 0.5) is 0 Å². The summed E-state index contributed by atoms with van der Waals surface area (Å²) < 4.78 is 0. The molecule has 0 bridgehead atoms. The number of rotatable bonds is 1. The van der Waals surface area contributed by atoms with Gasteiger partial charge in [-0.3, -0.25) is 4.79 Å². The summed E-state index contributed by atoms with van der Waals surface area (Å²) in [5.41, 5.74) is 0.883. The molecule has 74 valence electrons. The highest BCUT2D eigenvalue weighted by Gasteiger charge is 2.37. The molecule has 0 radical (unpaired) electrons. The van der Waals surface area contributed by atoms with Crippen molar-refractivity contribution in [3.63, 3.8) is 0 Å². The molecule has 2 nitrogen and oxygen atoms in total. The molecule has 13 heavy (non-hydrogen) atoms. The average molecular weight is 182 g/mol. The van der Waals surface area contributed by atoms with Crippen molar-refractivity contribution in [2.75, 3.05) is 0 Å². The summed E-state index contributed by atoms with van der Waals surface area (Å²) in [7, 11) is 0. The van der Waals surface area contributed by atoms with Crippen molar-refractivity contribution in [1.29, 1.82) is 0 Å². The molecule has 0 heterocycles. The van der Waals surface area contributed by atoms with Gasteiger partial charge < -0.3 is 5.11 Å². The van der Waals surface area contributed by atoms with Gasteiger partial charge in [-0.05, 0) is 38.7 Å². The molecule has 0 unspecified atom stereocenters. The van der Waals surface area contributed by atoms with Gasteiger partial charge >= 0.3 is 0 Å². The van der Waals surface area contributed by atoms with E-state index < -0.39 is 5.60 Å². The lowest BCUT2D eigenvalue weighted by molar-refractivity contribution is -0.133. The molecular weight excluding hydrogens is 164 g/mol. The number of allylic oxidation sites excluding steroid dienone is 1. The molecule has 0 aliphatic heterocycles. The van der Waals surface area contributed by atoms with Crippen LogP contribution in [0.15, 0.2) is 11.1 Å². The smallest absolute Gasteiger partial charge is 0.168 e. The summed E-state index contributed by atoms with van der Waals surface area (Å²) in [6.07, 6.45) is 2.83. The van der Waals surface area contributed by atoms with Gasteiger partial charge in [-0.2, -0.15) is 0 Å². The van der Waals surface area contributed by atoms with E-state index in [2.05, 4.69) is 0 Å². The van der Waals surface area contributed by atoms with E-state index in [1.807, 2.05) is 20.8 Å². The number of Topliss-reactive ketones (excluding diaryl/α,β-unsaturated/α-hetero) is 1. The first-order valence-electron chi connectivity index (χ1n) is 4.95. The molecule has 1 rings (SSSR count). The molecule has 0 fully saturated rings. The Morgan fingerprint density at radius 3 is 2.54 bits per heavy atom. The van der Waals surface area contributed by atoms with Gasteiger partial charge in [0, 0.05) is 6.42 Å². The number of carbonyl (C=O) groups excluding carboxylic acids is 1. The van der Waals surface area contributed by atoms with E-state index in [-0.39, 0.29) is 5.78 Å².